The van der Waals surface area contributed by atoms with Gasteiger partial charge in [-0.05, 0) is 61.2 Å². The fourth-order valence-corrected chi connectivity index (χ4v) is 4.72. The first-order valence-electron chi connectivity index (χ1n) is 12.0. The molecule has 1 aliphatic rings. The van der Waals surface area contributed by atoms with Crippen molar-refractivity contribution in [1.29, 1.82) is 0 Å². The van der Waals surface area contributed by atoms with Gasteiger partial charge in [-0.2, -0.15) is 5.10 Å². The summed E-state index contributed by atoms with van der Waals surface area (Å²) in [6.07, 6.45) is 9.89. The van der Waals surface area contributed by atoms with E-state index in [9.17, 15) is 4.39 Å². The van der Waals surface area contributed by atoms with Crippen LogP contribution in [0.2, 0.25) is 0 Å². The van der Waals surface area contributed by atoms with Gasteiger partial charge in [0.15, 0.2) is 5.65 Å². The Bertz CT molecular complexity index is 1280. The minimum Gasteiger partial charge on any atom is -0.303 e. The van der Waals surface area contributed by atoms with Crippen LogP contribution in [0.1, 0.15) is 36.6 Å². The summed E-state index contributed by atoms with van der Waals surface area (Å²) in [5.74, 6) is 10.6. The van der Waals surface area contributed by atoms with Gasteiger partial charge in [0.25, 0.3) is 0 Å². The summed E-state index contributed by atoms with van der Waals surface area (Å²) in [6, 6.07) is 13.5. The molecule has 1 aliphatic heterocycles. The van der Waals surface area contributed by atoms with Crippen molar-refractivity contribution < 1.29 is 4.39 Å². The standard InChI is InChI=1S/C26H31FN8/c27-24-9-8-20(14-22(24)25(32-28)33-29)23-16-31-35-17-21(15-30-26(23)35)19-6-4-18(5-7-19)10-13-34-11-2-1-3-12-34/h4-9,14-17,25,32-33H,1-3,10-13,28-29H2. The Labute approximate surface area is 204 Å². The molecule has 0 bridgehead atoms. The molecule has 0 amide bonds. The molecule has 1 fully saturated rings. The van der Waals surface area contributed by atoms with Gasteiger partial charge in [-0.3, -0.25) is 11.7 Å². The van der Waals surface area contributed by atoms with Crippen LogP contribution in [0.3, 0.4) is 0 Å². The summed E-state index contributed by atoms with van der Waals surface area (Å²) in [6.45, 7) is 3.57. The quantitative estimate of drug-likeness (QED) is 0.176. The van der Waals surface area contributed by atoms with Crippen LogP contribution < -0.4 is 22.5 Å². The number of fused-ring (bicyclic) bond motifs is 1. The maximum atomic E-state index is 14.3. The Morgan fingerprint density at radius 1 is 0.914 bits per heavy atom. The molecule has 1 saturated heterocycles. The van der Waals surface area contributed by atoms with Crippen LogP contribution in [0, 0.1) is 5.82 Å². The molecule has 9 heteroatoms. The van der Waals surface area contributed by atoms with Gasteiger partial charge in [-0.15, -0.1) is 0 Å². The van der Waals surface area contributed by atoms with E-state index in [1.54, 1.807) is 22.8 Å². The SMILES string of the molecule is NNC(NN)c1cc(-c2cnn3cc(-c4ccc(CCN5CCCCC5)cc4)cnc23)ccc1F. The highest BCUT2D eigenvalue weighted by molar-refractivity contribution is 5.78. The average molecular weight is 475 g/mol. The second-order valence-corrected chi connectivity index (χ2v) is 9.02. The van der Waals surface area contributed by atoms with E-state index in [0.29, 0.717) is 11.2 Å². The molecule has 3 heterocycles. The zero-order valence-electron chi connectivity index (χ0n) is 19.6. The number of hydrogen-bond acceptors (Lipinski definition) is 7. The van der Waals surface area contributed by atoms with Gasteiger partial charge < -0.3 is 4.90 Å². The minimum atomic E-state index is -0.723. The lowest BCUT2D eigenvalue weighted by Gasteiger charge is -2.26. The number of nitrogens with two attached hydrogens (primary N) is 2. The average Bonchev–Trinajstić information content (AvgIpc) is 3.33. The van der Waals surface area contributed by atoms with E-state index in [4.69, 9.17) is 11.7 Å². The van der Waals surface area contributed by atoms with E-state index < -0.39 is 12.0 Å². The molecule has 0 aliphatic carbocycles. The van der Waals surface area contributed by atoms with Crippen LogP contribution in [0.4, 0.5) is 4.39 Å². The zero-order chi connectivity index (χ0) is 24.2. The number of hydrazine groups is 2. The van der Waals surface area contributed by atoms with Crippen molar-refractivity contribution in [2.24, 2.45) is 11.7 Å². The monoisotopic (exact) mass is 474 g/mol. The fraction of sp³-hybridized carbons (Fsp3) is 0.308. The Morgan fingerprint density at radius 3 is 2.40 bits per heavy atom. The molecule has 2 aromatic carbocycles. The normalized spacial score (nSPS) is 14.7. The number of hydrogen-bond donors (Lipinski definition) is 4. The van der Waals surface area contributed by atoms with Gasteiger partial charge >= 0.3 is 0 Å². The molecule has 8 nitrogen and oxygen atoms in total. The molecular weight excluding hydrogens is 443 g/mol. The third-order valence-electron chi connectivity index (χ3n) is 6.76. The molecule has 5 rings (SSSR count). The van der Waals surface area contributed by atoms with Gasteiger partial charge in [0.2, 0.25) is 0 Å². The Balaban J connectivity index is 1.35. The number of piperidine rings is 1. The van der Waals surface area contributed by atoms with Crippen molar-refractivity contribution in [3.63, 3.8) is 0 Å². The second kappa shape index (κ2) is 10.6. The van der Waals surface area contributed by atoms with Crippen molar-refractivity contribution in [2.75, 3.05) is 19.6 Å². The van der Waals surface area contributed by atoms with E-state index in [1.165, 1.54) is 44.0 Å². The van der Waals surface area contributed by atoms with Crippen molar-refractivity contribution in [3.8, 4) is 22.3 Å². The van der Waals surface area contributed by atoms with Crippen LogP contribution in [0.15, 0.2) is 61.1 Å². The van der Waals surface area contributed by atoms with Crippen LogP contribution in [0.25, 0.3) is 27.9 Å². The highest BCUT2D eigenvalue weighted by Crippen LogP contribution is 2.28. The number of nitrogens with one attached hydrogen (secondary N) is 2. The molecule has 4 aromatic rings. The Morgan fingerprint density at radius 2 is 1.66 bits per heavy atom. The van der Waals surface area contributed by atoms with Crippen LogP contribution in [-0.2, 0) is 6.42 Å². The number of rotatable bonds is 8. The van der Waals surface area contributed by atoms with Crippen LogP contribution >= 0.6 is 0 Å². The molecule has 0 radical (unpaired) electrons. The number of benzene rings is 2. The number of nitrogens with zero attached hydrogens (tertiary/aromatic N) is 4. The zero-order valence-corrected chi connectivity index (χ0v) is 19.6. The summed E-state index contributed by atoms with van der Waals surface area (Å²) in [7, 11) is 0. The van der Waals surface area contributed by atoms with E-state index in [-0.39, 0.29) is 0 Å². The highest BCUT2D eigenvalue weighted by atomic mass is 19.1. The summed E-state index contributed by atoms with van der Waals surface area (Å²) in [5.41, 5.74) is 10.9. The van der Waals surface area contributed by atoms with Crippen LogP contribution in [0.5, 0.6) is 0 Å². The largest absolute Gasteiger partial charge is 0.303 e. The van der Waals surface area contributed by atoms with Crippen molar-refractivity contribution >= 4 is 5.65 Å². The number of halogens is 1. The fourth-order valence-electron chi connectivity index (χ4n) is 4.72. The molecule has 0 saturated carbocycles. The Hall–Kier alpha value is -3.21. The highest BCUT2D eigenvalue weighted by Gasteiger charge is 2.16. The van der Waals surface area contributed by atoms with Gasteiger partial charge in [0, 0.05) is 35.6 Å². The Kier molecular flexibility index (Phi) is 7.12. The number of likely N-dealkylation sites (tertiary alicyclic amines) is 1. The lowest BCUT2D eigenvalue weighted by Crippen LogP contribution is -2.42. The molecular formula is C26H31FN8. The lowest BCUT2D eigenvalue weighted by atomic mass is 10.0. The van der Waals surface area contributed by atoms with Crippen LogP contribution in [-0.4, -0.2) is 39.1 Å². The summed E-state index contributed by atoms with van der Waals surface area (Å²) >= 11 is 0. The van der Waals surface area contributed by atoms with E-state index in [0.717, 1.165) is 35.2 Å². The third kappa shape index (κ3) is 5.09. The van der Waals surface area contributed by atoms with Crippen molar-refractivity contribution in [3.05, 3.63) is 78.0 Å². The molecule has 0 unspecified atom stereocenters. The molecule has 0 spiro atoms. The van der Waals surface area contributed by atoms with E-state index in [2.05, 4.69) is 50.1 Å². The first-order chi connectivity index (χ1) is 17.2. The topological polar surface area (TPSA) is 110 Å². The maximum absolute atomic E-state index is 14.3. The molecule has 2 aromatic heterocycles. The van der Waals surface area contributed by atoms with Crippen molar-refractivity contribution in [1.82, 2.24) is 30.3 Å². The lowest BCUT2D eigenvalue weighted by molar-refractivity contribution is 0.231. The van der Waals surface area contributed by atoms with E-state index >= 15 is 0 Å². The summed E-state index contributed by atoms with van der Waals surface area (Å²) in [5, 5.41) is 4.49. The molecule has 6 N–H and O–H groups in total. The first-order valence-corrected chi connectivity index (χ1v) is 12.0. The van der Waals surface area contributed by atoms with Crippen molar-refractivity contribution in [2.45, 2.75) is 31.8 Å². The van der Waals surface area contributed by atoms with Gasteiger partial charge in [0.1, 0.15) is 12.0 Å². The molecule has 0 atom stereocenters. The first kappa shape index (κ1) is 23.5. The van der Waals surface area contributed by atoms with E-state index in [1.807, 2.05) is 12.4 Å². The molecule has 35 heavy (non-hydrogen) atoms. The van der Waals surface area contributed by atoms with Gasteiger partial charge in [-0.1, -0.05) is 36.8 Å². The number of aromatic nitrogens is 3. The minimum absolute atomic E-state index is 0.309. The third-order valence-corrected chi connectivity index (χ3v) is 6.76. The maximum Gasteiger partial charge on any atom is 0.162 e. The van der Waals surface area contributed by atoms with Gasteiger partial charge in [-0.25, -0.2) is 24.7 Å². The predicted molar refractivity (Wildman–Crippen MR) is 135 cm³/mol. The van der Waals surface area contributed by atoms with Gasteiger partial charge in [0.05, 0.1) is 6.20 Å². The second-order valence-electron chi connectivity index (χ2n) is 9.02. The predicted octanol–water partition coefficient (Wildman–Crippen LogP) is 3.16. The summed E-state index contributed by atoms with van der Waals surface area (Å²) < 4.78 is 16.1. The summed E-state index contributed by atoms with van der Waals surface area (Å²) in [4.78, 5) is 7.23. The molecule has 182 valence electrons. The smallest absolute Gasteiger partial charge is 0.162 e.